The second kappa shape index (κ2) is 5.24. The molecule has 84 valence electrons. The molecule has 0 aliphatic heterocycles. The van der Waals surface area contributed by atoms with Crippen LogP contribution >= 0.6 is 23.4 Å². The fourth-order valence-corrected chi connectivity index (χ4v) is 2.17. The molecule has 0 amide bonds. The van der Waals surface area contributed by atoms with Crippen LogP contribution < -0.4 is 0 Å². The minimum absolute atomic E-state index is 0.261. The smallest absolute Gasteiger partial charge is 0.0736 e. The molecule has 1 unspecified atom stereocenters. The van der Waals surface area contributed by atoms with E-state index in [2.05, 4.69) is 0 Å². The van der Waals surface area contributed by atoms with Crippen molar-refractivity contribution in [1.82, 2.24) is 0 Å². The number of hydrogen-bond donors (Lipinski definition) is 1. The van der Waals surface area contributed by atoms with E-state index in [0.717, 1.165) is 9.92 Å². The molecule has 0 spiro atoms. The summed E-state index contributed by atoms with van der Waals surface area (Å²) in [6.45, 7) is 5.94. The predicted molar refractivity (Wildman–Crippen MR) is 67.6 cm³/mol. The van der Waals surface area contributed by atoms with Crippen LogP contribution in [0.3, 0.4) is 0 Å². The van der Waals surface area contributed by atoms with Gasteiger partial charge in [-0.2, -0.15) is 0 Å². The number of halogens is 1. The van der Waals surface area contributed by atoms with Crippen molar-refractivity contribution in [3.8, 4) is 0 Å². The summed E-state index contributed by atoms with van der Waals surface area (Å²) in [5, 5.41) is 10.8. The van der Waals surface area contributed by atoms with E-state index in [0.29, 0.717) is 5.75 Å². The topological polar surface area (TPSA) is 20.2 Å². The SMILES string of the molecule is CC(C)C(C)(O)CSc1ccc(Cl)cc1. The van der Waals surface area contributed by atoms with Crippen LogP contribution in [0.2, 0.25) is 5.02 Å². The molecule has 0 saturated heterocycles. The van der Waals surface area contributed by atoms with Gasteiger partial charge in [-0.25, -0.2) is 0 Å². The van der Waals surface area contributed by atoms with Crippen LogP contribution in [-0.2, 0) is 0 Å². The third kappa shape index (κ3) is 4.06. The number of hydrogen-bond acceptors (Lipinski definition) is 2. The summed E-state index contributed by atoms with van der Waals surface area (Å²) in [4.78, 5) is 1.14. The third-order valence-electron chi connectivity index (χ3n) is 2.59. The minimum Gasteiger partial charge on any atom is -0.389 e. The summed E-state index contributed by atoms with van der Waals surface area (Å²) in [5.74, 6) is 0.962. The Kier molecular flexibility index (Phi) is 4.50. The summed E-state index contributed by atoms with van der Waals surface area (Å²) >= 11 is 7.45. The summed E-state index contributed by atoms with van der Waals surface area (Å²) in [7, 11) is 0. The van der Waals surface area contributed by atoms with Gasteiger partial charge in [0.1, 0.15) is 0 Å². The third-order valence-corrected chi connectivity index (χ3v) is 4.17. The first-order valence-electron chi connectivity index (χ1n) is 5.02. The van der Waals surface area contributed by atoms with Crippen molar-refractivity contribution in [1.29, 1.82) is 0 Å². The van der Waals surface area contributed by atoms with Crippen LogP contribution in [0.5, 0.6) is 0 Å². The molecule has 0 heterocycles. The lowest BCUT2D eigenvalue weighted by atomic mass is 9.95. The minimum atomic E-state index is -0.621. The average molecular weight is 245 g/mol. The lowest BCUT2D eigenvalue weighted by Gasteiger charge is -2.27. The number of benzene rings is 1. The first kappa shape index (κ1) is 12.9. The standard InChI is InChI=1S/C12H17ClOS/c1-9(2)12(3,14)8-15-11-6-4-10(13)5-7-11/h4-7,9,14H,8H2,1-3H3. The number of thioether (sulfide) groups is 1. The first-order chi connectivity index (χ1) is 6.92. The zero-order valence-electron chi connectivity index (χ0n) is 9.33. The molecular formula is C12H17ClOS. The highest BCUT2D eigenvalue weighted by atomic mass is 35.5. The number of aliphatic hydroxyl groups is 1. The van der Waals surface area contributed by atoms with E-state index >= 15 is 0 Å². The van der Waals surface area contributed by atoms with E-state index in [1.807, 2.05) is 45.0 Å². The lowest BCUT2D eigenvalue weighted by Crippen LogP contribution is -2.33. The number of rotatable bonds is 4. The Bertz CT molecular complexity index is 306. The maximum Gasteiger partial charge on any atom is 0.0736 e. The fraction of sp³-hybridized carbons (Fsp3) is 0.500. The Labute approximate surface area is 101 Å². The van der Waals surface area contributed by atoms with Crippen molar-refractivity contribution in [3.05, 3.63) is 29.3 Å². The van der Waals surface area contributed by atoms with Gasteiger partial charge in [-0.15, -0.1) is 11.8 Å². The molecule has 1 aromatic rings. The quantitative estimate of drug-likeness (QED) is 0.813. The zero-order chi connectivity index (χ0) is 11.5. The monoisotopic (exact) mass is 244 g/mol. The Morgan fingerprint density at radius 2 is 1.87 bits per heavy atom. The Morgan fingerprint density at radius 3 is 2.33 bits per heavy atom. The van der Waals surface area contributed by atoms with Crippen molar-refractivity contribution >= 4 is 23.4 Å². The second-order valence-corrected chi connectivity index (χ2v) is 5.74. The summed E-state index contributed by atoms with van der Waals surface area (Å²) < 4.78 is 0. The van der Waals surface area contributed by atoms with Crippen molar-refractivity contribution in [2.75, 3.05) is 5.75 Å². The van der Waals surface area contributed by atoms with Gasteiger partial charge in [0, 0.05) is 15.7 Å². The van der Waals surface area contributed by atoms with E-state index in [9.17, 15) is 5.11 Å². The second-order valence-electron chi connectivity index (χ2n) is 4.25. The normalized spacial score (nSPS) is 15.3. The fourth-order valence-electron chi connectivity index (χ4n) is 0.927. The zero-order valence-corrected chi connectivity index (χ0v) is 10.9. The highest BCUT2D eigenvalue weighted by molar-refractivity contribution is 7.99. The van der Waals surface area contributed by atoms with Gasteiger partial charge in [0.05, 0.1) is 5.60 Å². The van der Waals surface area contributed by atoms with Crippen LogP contribution in [0.1, 0.15) is 20.8 Å². The van der Waals surface area contributed by atoms with Gasteiger partial charge in [-0.3, -0.25) is 0 Å². The maximum absolute atomic E-state index is 10.1. The van der Waals surface area contributed by atoms with E-state index < -0.39 is 5.60 Å². The van der Waals surface area contributed by atoms with Crippen LogP contribution in [0.4, 0.5) is 0 Å². The van der Waals surface area contributed by atoms with Gasteiger partial charge in [-0.1, -0.05) is 25.4 Å². The molecule has 0 aromatic heterocycles. The molecule has 0 fully saturated rings. The van der Waals surface area contributed by atoms with Gasteiger partial charge >= 0.3 is 0 Å². The first-order valence-corrected chi connectivity index (χ1v) is 6.39. The molecule has 0 aliphatic carbocycles. The van der Waals surface area contributed by atoms with Crippen LogP contribution in [0.15, 0.2) is 29.2 Å². The molecule has 0 bridgehead atoms. The molecule has 1 atom stereocenters. The van der Waals surface area contributed by atoms with Crippen molar-refractivity contribution in [2.24, 2.45) is 5.92 Å². The molecule has 1 rings (SSSR count). The molecule has 1 N–H and O–H groups in total. The van der Waals surface area contributed by atoms with Crippen molar-refractivity contribution in [3.63, 3.8) is 0 Å². The van der Waals surface area contributed by atoms with Gasteiger partial charge in [-0.05, 0) is 37.1 Å². The van der Waals surface area contributed by atoms with Crippen LogP contribution in [0.25, 0.3) is 0 Å². The van der Waals surface area contributed by atoms with Gasteiger partial charge < -0.3 is 5.11 Å². The molecule has 1 aromatic carbocycles. The Hall–Kier alpha value is -0.180. The lowest BCUT2D eigenvalue weighted by molar-refractivity contribution is 0.0376. The van der Waals surface area contributed by atoms with E-state index in [4.69, 9.17) is 11.6 Å². The van der Waals surface area contributed by atoms with Crippen molar-refractivity contribution < 1.29 is 5.11 Å². The van der Waals surface area contributed by atoms with Gasteiger partial charge in [0.25, 0.3) is 0 Å². The van der Waals surface area contributed by atoms with E-state index in [-0.39, 0.29) is 5.92 Å². The molecule has 15 heavy (non-hydrogen) atoms. The molecule has 0 radical (unpaired) electrons. The largest absolute Gasteiger partial charge is 0.389 e. The summed E-state index contributed by atoms with van der Waals surface area (Å²) in [6.07, 6.45) is 0. The molecule has 3 heteroatoms. The van der Waals surface area contributed by atoms with E-state index in [1.54, 1.807) is 11.8 Å². The molecule has 0 aliphatic rings. The van der Waals surface area contributed by atoms with Gasteiger partial charge in [0.15, 0.2) is 0 Å². The molecule has 0 saturated carbocycles. The predicted octanol–water partition coefficient (Wildman–Crippen LogP) is 3.84. The van der Waals surface area contributed by atoms with E-state index in [1.165, 1.54) is 0 Å². The molecular weight excluding hydrogens is 228 g/mol. The average Bonchev–Trinajstić information content (AvgIpc) is 2.17. The Morgan fingerprint density at radius 1 is 1.33 bits per heavy atom. The Balaban J connectivity index is 2.54. The van der Waals surface area contributed by atoms with Gasteiger partial charge in [0.2, 0.25) is 0 Å². The maximum atomic E-state index is 10.1. The van der Waals surface area contributed by atoms with Crippen LogP contribution in [-0.4, -0.2) is 16.5 Å². The highest BCUT2D eigenvalue weighted by Gasteiger charge is 2.24. The van der Waals surface area contributed by atoms with Crippen molar-refractivity contribution in [2.45, 2.75) is 31.3 Å². The summed E-state index contributed by atoms with van der Waals surface area (Å²) in [5.41, 5.74) is -0.621. The summed E-state index contributed by atoms with van der Waals surface area (Å²) in [6, 6.07) is 7.69. The van der Waals surface area contributed by atoms with Crippen LogP contribution in [0, 0.1) is 5.92 Å². The molecule has 1 nitrogen and oxygen atoms in total. The highest BCUT2D eigenvalue weighted by Crippen LogP contribution is 2.27.